The molecule has 12 nitrogen and oxygen atoms in total. The normalized spacial score (nSPS) is 11.9. The zero-order valence-electron chi connectivity index (χ0n) is 24.4. The van der Waals surface area contributed by atoms with E-state index in [1.165, 1.54) is 0 Å². The van der Waals surface area contributed by atoms with Gasteiger partial charge < -0.3 is 30.1 Å². The molecule has 2 amide bonds. The van der Waals surface area contributed by atoms with E-state index in [9.17, 15) is 23.1 Å². The molecule has 0 fully saturated rings. The van der Waals surface area contributed by atoms with Gasteiger partial charge in [0, 0.05) is 29.6 Å². The van der Waals surface area contributed by atoms with Crippen LogP contribution in [0.1, 0.15) is 26.5 Å². The summed E-state index contributed by atoms with van der Waals surface area (Å²) in [5, 5.41) is 36.0. The molecule has 1 atom stereocenters. The van der Waals surface area contributed by atoms with Gasteiger partial charge in [-0.1, -0.05) is 20.8 Å². The molecule has 5 N–H and O–H groups in total. The van der Waals surface area contributed by atoms with Gasteiger partial charge >= 0.3 is 18.2 Å². The molecule has 2 heterocycles. The van der Waals surface area contributed by atoms with E-state index in [0.29, 0.717) is 34.4 Å². The van der Waals surface area contributed by atoms with Crippen molar-refractivity contribution in [2.45, 2.75) is 38.5 Å². The lowest BCUT2D eigenvalue weighted by atomic mass is 9.92. The van der Waals surface area contributed by atoms with Gasteiger partial charge in [0.05, 0.1) is 18.0 Å². The van der Waals surface area contributed by atoms with E-state index >= 15 is 0 Å². The van der Waals surface area contributed by atoms with Gasteiger partial charge in [-0.15, -0.1) is 0 Å². The highest BCUT2D eigenvalue weighted by atomic mass is 19.4. The number of hydrogen-bond donors (Lipinski definition) is 5. The van der Waals surface area contributed by atoms with Crippen LogP contribution in [0.15, 0.2) is 79.1 Å². The van der Waals surface area contributed by atoms with Gasteiger partial charge in [0.15, 0.2) is 0 Å². The number of aliphatic carboxylic acids is 1. The molecule has 4 aromatic rings. The van der Waals surface area contributed by atoms with E-state index in [4.69, 9.17) is 29.6 Å². The second-order valence-electron chi connectivity index (χ2n) is 10.4. The molecule has 15 heteroatoms. The molecule has 0 aliphatic heterocycles. The number of ether oxygens (including phenoxy) is 2. The second kappa shape index (κ2) is 15.0. The third-order valence-corrected chi connectivity index (χ3v) is 5.69. The Morgan fingerprint density at radius 1 is 0.911 bits per heavy atom. The molecule has 0 bridgehead atoms. The highest BCUT2D eigenvalue weighted by Gasteiger charge is 2.38. The van der Waals surface area contributed by atoms with Crippen LogP contribution in [0.4, 0.5) is 29.5 Å². The number of urea groups is 1. The van der Waals surface area contributed by atoms with Crippen molar-refractivity contribution in [2.75, 3.05) is 23.8 Å². The fourth-order valence-electron chi connectivity index (χ4n) is 3.39. The van der Waals surface area contributed by atoms with Crippen LogP contribution in [0.25, 0.3) is 5.69 Å². The average molecular weight is 632 g/mol. The predicted octanol–water partition coefficient (Wildman–Crippen LogP) is 5.37. The van der Waals surface area contributed by atoms with E-state index in [0.717, 1.165) is 5.69 Å². The topological polar surface area (TPSA) is 168 Å². The lowest BCUT2D eigenvalue weighted by Crippen LogP contribution is -2.21. The van der Waals surface area contributed by atoms with E-state index in [-0.39, 0.29) is 18.6 Å². The van der Waals surface area contributed by atoms with Crippen LogP contribution in [-0.2, 0) is 10.2 Å². The maximum absolute atomic E-state index is 12.9. The highest BCUT2D eigenvalue weighted by Crippen LogP contribution is 2.28. The number of hydrogen-bond acceptors (Lipinski definition) is 8. The van der Waals surface area contributed by atoms with Crippen molar-refractivity contribution in [3.63, 3.8) is 0 Å². The fourth-order valence-corrected chi connectivity index (χ4v) is 3.39. The first kappa shape index (κ1) is 34.3. The number of benzene rings is 2. The van der Waals surface area contributed by atoms with Crippen molar-refractivity contribution in [3.8, 4) is 22.9 Å². The Bertz CT molecular complexity index is 1540. The van der Waals surface area contributed by atoms with Gasteiger partial charge in [0.2, 0.25) is 0 Å². The van der Waals surface area contributed by atoms with Crippen molar-refractivity contribution < 1.29 is 47.6 Å². The Hall–Kier alpha value is -5.15. The monoisotopic (exact) mass is 631 g/mol. The third kappa shape index (κ3) is 10.8. The molecule has 45 heavy (non-hydrogen) atoms. The van der Waals surface area contributed by atoms with Crippen molar-refractivity contribution in [1.29, 1.82) is 0 Å². The van der Waals surface area contributed by atoms with Gasteiger partial charge in [-0.05, 0) is 60.7 Å². The van der Waals surface area contributed by atoms with Gasteiger partial charge in [-0.2, -0.15) is 18.3 Å². The number of alkyl halides is 3. The number of rotatable bonds is 9. The number of aliphatic hydroxyl groups excluding tert-OH is 2. The number of anilines is 2. The lowest BCUT2D eigenvalue weighted by molar-refractivity contribution is -0.192. The number of aromatic nitrogens is 3. The fraction of sp³-hybridized carbons (Fsp3) is 0.267. The summed E-state index contributed by atoms with van der Waals surface area (Å²) in [5.74, 6) is -0.424. The number of nitrogens with one attached hydrogen (secondary N) is 2. The maximum atomic E-state index is 12.9. The number of aliphatic hydroxyl groups is 2. The molecular formula is C30H32F3N5O7. The first-order chi connectivity index (χ1) is 21.2. The predicted molar refractivity (Wildman–Crippen MR) is 158 cm³/mol. The highest BCUT2D eigenvalue weighted by molar-refractivity contribution is 5.99. The molecule has 2 aromatic carbocycles. The Labute approximate surface area is 256 Å². The summed E-state index contributed by atoms with van der Waals surface area (Å²) in [6, 6.07) is 19.0. The van der Waals surface area contributed by atoms with Crippen LogP contribution in [0, 0.1) is 0 Å². The lowest BCUT2D eigenvalue weighted by Gasteiger charge is -2.14. The van der Waals surface area contributed by atoms with Crippen LogP contribution in [-0.4, -0.2) is 67.6 Å². The average Bonchev–Trinajstić information content (AvgIpc) is 3.42. The minimum atomic E-state index is -5.08. The summed E-state index contributed by atoms with van der Waals surface area (Å²) in [5.41, 5.74) is 1.87. The summed E-state index contributed by atoms with van der Waals surface area (Å²) in [7, 11) is 0. The third-order valence-electron chi connectivity index (χ3n) is 5.69. The van der Waals surface area contributed by atoms with Crippen LogP contribution < -0.4 is 20.1 Å². The summed E-state index contributed by atoms with van der Waals surface area (Å²) >= 11 is 0. The van der Waals surface area contributed by atoms with E-state index in [1.54, 1.807) is 77.7 Å². The largest absolute Gasteiger partial charge is 0.491 e. The number of carboxylic acids is 1. The molecule has 240 valence electrons. The minimum absolute atomic E-state index is 0.0182. The molecule has 1 unspecified atom stereocenters. The molecule has 4 rings (SSSR count). The SMILES string of the molecule is CC(C)(C)c1cc(NC(=O)Nc2ccc(Oc3ccncc3)cc2)n(-c2ccc(OCC(O)CO)cc2)n1.O=C(O)C(F)(F)F. The van der Waals surface area contributed by atoms with Gasteiger partial charge in [0.25, 0.3) is 0 Å². The summed E-state index contributed by atoms with van der Waals surface area (Å²) in [6.07, 6.45) is -2.73. The van der Waals surface area contributed by atoms with Crippen molar-refractivity contribution in [1.82, 2.24) is 14.8 Å². The maximum Gasteiger partial charge on any atom is 0.490 e. The molecule has 2 aromatic heterocycles. The molecule has 0 spiro atoms. The smallest absolute Gasteiger partial charge is 0.490 e. The summed E-state index contributed by atoms with van der Waals surface area (Å²) < 4.78 is 44.6. The van der Waals surface area contributed by atoms with Crippen LogP contribution in [0.3, 0.4) is 0 Å². The van der Waals surface area contributed by atoms with Crippen molar-refractivity contribution in [3.05, 3.63) is 84.8 Å². The molecular weight excluding hydrogens is 599 g/mol. The Kier molecular flexibility index (Phi) is 11.5. The molecule has 0 aliphatic rings. The number of nitrogens with zero attached hydrogens (tertiary/aromatic N) is 3. The molecule has 0 aliphatic carbocycles. The molecule has 0 saturated carbocycles. The summed E-state index contributed by atoms with van der Waals surface area (Å²) in [6.45, 7) is 5.74. The van der Waals surface area contributed by atoms with E-state index < -0.39 is 24.3 Å². The summed E-state index contributed by atoms with van der Waals surface area (Å²) in [4.78, 5) is 25.7. The standard InChI is InChI=1S/C28H31N5O5.C2HF3O2/c1-28(2,3)25-16-26(33(32-25)20-6-10-22(11-7-20)37-18-21(35)17-34)31-27(36)30-19-4-8-23(9-5-19)38-24-12-14-29-15-13-24;3-2(4,5)1(6)7/h4-16,21,34-35H,17-18H2,1-3H3,(H2,30,31,36);(H,6,7). The Morgan fingerprint density at radius 3 is 2.00 bits per heavy atom. The zero-order valence-corrected chi connectivity index (χ0v) is 24.4. The molecule has 0 saturated heterocycles. The number of carbonyl (C=O) groups is 2. The number of carboxylic acid groups (broad SMARTS) is 1. The van der Waals surface area contributed by atoms with Crippen LogP contribution in [0.5, 0.6) is 17.2 Å². The Balaban J connectivity index is 0.000000707. The van der Waals surface area contributed by atoms with Crippen LogP contribution >= 0.6 is 0 Å². The van der Waals surface area contributed by atoms with Gasteiger partial charge in [0.1, 0.15) is 35.8 Å². The number of carbonyl (C=O) groups excluding carboxylic acids is 1. The minimum Gasteiger partial charge on any atom is -0.491 e. The Morgan fingerprint density at radius 2 is 1.47 bits per heavy atom. The van der Waals surface area contributed by atoms with E-state index in [2.05, 4.69) is 15.6 Å². The van der Waals surface area contributed by atoms with Crippen molar-refractivity contribution in [2.24, 2.45) is 0 Å². The molecule has 0 radical (unpaired) electrons. The first-order valence-electron chi connectivity index (χ1n) is 13.3. The number of pyridine rings is 1. The van der Waals surface area contributed by atoms with Crippen molar-refractivity contribution >= 4 is 23.5 Å². The zero-order chi connectivity index (χ0) is 33.2. The number of amides is 2. The number of halogens is 3. The second-order valence-corrected chi connectivity index (χ2v) is 10.4. The van der Waals surface area contributed by atoms with Gasteiger partial charge in [-0.25, -0.2) is 14.3 Å². The van der Waals surface area contributed by atoms with E-state index in [1.807, 2.05) is 26.8 Å². The first-order valence-corrected chi connectivity index (χ1v) is 13.3. The van der Waals surface area contributed by atoms with Gasteiger partial charge in [-0.3, -0.25) is 10.3 Å². The van der Waals surface area contributed by atoms with Crippen LogP contribution in [0.2, 0.25) is 0 Å². The quantitative estimate of drug-likeness (QED) is 0.163.